The second-order valence-electron chi connectivity index (χ2n) is 14.2. The molecule has 3 aromatic rings. The molecule has 3 heterocycles. The number of benzene rings is 2. The van der Waals surface area contributed by atoms with Gasteiger partial charge in [-0.25, -0.2) is 0 Å². The molecule has 5 rings (SSSR count). The third-order valence-electron chi connectivity index (χ3n) is 10.9. The molecule has 0 spiro atoms. The molecule has 266 valence electrons. The SMILES string of the molecule is COc1ccncc1CN1CCC(N(CCOCCCCCCN2CC[C@@H](C(C(N)=O)(c3ccccc3)c3ccccc3)C2)C(C)C)CC1. The molecular formula is C41H59N5O3. The predicted molar refractivity (Wildman–Crippen MR) is 198 cm³/mol. The van der Waals surface area contributed by atoms with Crippen molar-refractivity contribution < 1.29 is 14.3 Å². The first-order valence-corrected chi connectivity index (χ1v) is 18.6. The molecule has 2 N–H and O–H groups in total. The van der Waals surface area contributed by atoms with Crippen LogP contribution in [-0.4, -0.2) is 97.3 Å². The maximum atomic E-state index is 13.3. The summed E-state index contributed by atoms with van der Waals surface area (Å²) >= 11 is 0. The van der Waals surface area contributed by atoms with Gasteiger partial charge >= 0.3 is 0 Å². The summed E-state index contributed by atoms with van der Waals surface area (Å²) in [7, 11) is 1.73. The molecule has 1 atom stereocenters. The third kappa shape index (κ3) is 9.48. The van der Waals surface area contributed by atoms with Gasteiger partial charge in [-0.3, -0.25) is 19.6 Å². The number of hydrogen-bond acceptors (Lipinski definition) is 7. The highest BCUT2D eigenvalue weighted by molar-refractivity contribution is 5.91. The number of carbonyl (C=O) groups excluding carboxylic acids is 1. The molecule has 0 unspecified atom stereocenters. The first kappa shape index (κ1) is 37.0. The number of nitrogens with two attached hydrogens (primary N) is 1. The molecule has 49 heavy (non-hydrogen) atoms. The van der Waals surface area contributed by atoms with E-state index < -0.39 is 5.41 Å². The lowest BCUT2D eigenvalue weighted by molar-refractivity contribution is -0.123. The quantitative estimate of drug-likeness (QED) is 0.154. The summed E-state index contributed by atoms with van der Waals surface area (Å²) in [6.07, 6.45) is 11.7. The first-order valence-electron chi connectivity index (χ1n) is 18.6. The molecule has 0 radical (unpaired) electrons. The Hall–Kier alpha value is -3.30. The summed E-state index contributed by atoms with van der Waals surface area (Å²) < 4.78 is 11.7. The number of carbonyl (C=O) groups is 1. The second-order valence-corrected chi connectivity index (χ2v) is 14.2. The monoisotopic (exact) mass is 669 g/mol. The number of nitrogens with zero attached hydrogens (tertiary/aromatic N) is 4. The van der Waals surface area contributed by atoms with Crippen LogP contribution < -0.4 is 10.5 Å². The second kappa shape index (κ2) is 18.6. The summed E-state index contributed by atoms with van der Waals surface area (Å²) in [5.74, 6) is 0.822. The minimum Gasteiger partial charge on any atom is -0.496 e. The van der Waals surface area contributed by atoms with Crippen molar-refractivity contribution in [2.75, 3.05) is 59.6 Å². The number of amides is 1. The van der Waals surface area contributed by atoms with Gasteiger partial charge in [0.15, 0.2) is 0 Å². The molecule has 1 amide bonds. The largest absolute Gasteiger partial charge is 0.496 e. The number of hydrogen-bond donors (Lipinski definition) is 1. The minimum atomic E-state index is -0.813. The zero-order chi connectivity index (χ0) is 34.5. The van der Waals surface area contributed by atoms with Gasteiger partial charge in [0.25, 0.3) is 0 Å². The van der Waals surface area contributed by atoms with E-state index in [0.717, 1.165) is 94.3 Å². The van der Waals surface area contributed by atoms with Gasteiger partial charge in [0.05, 0.1) is 13.7 Å². The number of rotatable bonds is 19. The van der Waals surface area contributed by atoms with Crippen molar-refractivity contribution >= 4 is 5.91 Å². The van der Waals surface area contributed by atoms with Gasteiger partial charge < -0.3 is 20.1 Å². The third-order valence-corrected chi connectivity index (χ3v) is 10.9. The highest BCUT2D eigenvalue weighted by atomic mass is 16.5. The topological polar surface area (TPSA) is 84.2 Å². The fourth-order valence-corrected chi connectivity index (χ4v) is 8.32. The van der Waals surface area contributed by atoms with Crippen LogP contribution in [0.25, 0.3) is 0 Å². The smallest absolute Gasteiger partial charge is 0.232 e. The van der Waals surface area contributed by atoms with Crippen LogP contribution in [-0.2, 0) is 21.5 Å². The van der Waals surface area contributed by atoms with Gasteiger partial charge in [-0.15, -0.1) is 0 Å². The van der Waals surface area contributed by atoms with Gasteiger partial charge in [-0.1, -0.05) is 73.5 Å². The standard InChI is InChI=1S/C41H59N5O3/c1-33(2)46(38-20-25-45(26-21-38)31-34-30-43-22-18-39(34)48-3)27-29-49-28-13-5-4-12-23-44-24-19-37(32-44)41(40(42)47,35-14-8-6-9-15-35)36-16-10-7-11-17-36/h6-11,14-18,22,30,33,37-38H,4-5,12-13,19-21,23-29,31-32H2,1-3H3,(H2,42,47)/t37-/m1/s1. The highest BCUT2D eigenvalue weighted by Crippen LogP contribution is 2.43. The fourth-order valence-electron chi connectivity index (χ4n) is 8.32. The number of ether oxygens (including phenoxy) is 2. The highest BCUT2D eigenvalue weighted by Gasteiger charge is 2.49. The van der Waals surface area contributed by atoms with E-state index in [4.69, 9.17) is 15.2 Å². The molecule has 0 aliphatic carbocycles. The molecule has 2 aromatic carbocycles. The summed E-state index contributed by atoms with van der Waals surface area (Å²) in [6, 6.07) is 23.4. The Morgan fingerprint density at radius 3 is 2.18 bits per heavy atom. The lowest BCUT2D eigenvalue weighted by atomic mass is 9.64. The van der Waals surface area contributed by atoms with Crippen LogP contribution in [0.5, 0.6) is 5.75 Å². The zero-order valence-corrected chi connectivity index (χ0v) is 30.1. The molecule has 0 saturated carbocycles. The van der Waals surface area contributed by atoms with Crippen LogP contribution in [0.4, 0.5) is 0 Å². The molecule has 2 fully saturated rings. The summed E-state index contributed by atoms with van der Waals surface area (Å²) in [5.41, 5.74) is 8.63. The molecule has 2 aliphatic rings. The lowest BCUT2D eigenvalue weighted by Crippen LogP contribution is -2.49. The van der Waals surface area contributed by atoms with Gasteiger partial charge in [-0.05, 0) is 95.2 Å². The summed E-state index contributed by atoms with van der Waals surface area (Å²) in [6.45, 7) is 13.3. The van der Waals surface area contributed by atoms with Crippen LogP contribution in [0.2, 0.25) is 0 Å². The van der Waals surface area contributed by atoms with Crippen LogP contribution in [0, 0.1) is 5.92 Å². The molecular weight excluding hydrogens is 610 g/mol. The van der Waals surface area contributed by atoms with E-state index in [1.54, 1.807) is 13.3 Å². The summed E-state index contributed by atoms with van der Waals surface area (Å²) in [5, 5.41) is 0. The number of aromatic nitrogens is 1. The van der Waals surface area contributed by atoms with Crippen LogP contribution in [0.15, 0.2) is 79.1 Å². The number of methoxy groups -OCH3 is 1. The Bertz CT molecular complexity index is 1360. The Morgan fingerprint density at radius 1 is 0.898 bits per heavy atom. The van der Waals surface area contributed by atoms with Crippen molar-refractivity contribution in [2.24, 2.45) is 11.7 Å². The average molecular weight is 670 g/mol. The Morgan fingerprint density at radius 2 is 1.55 bits per heavy atom. The number of piperidine rings is 1. The van der Waals surface area contributed by atoms with Crippen molar-refractivity contribution in [1.29, 1.82) is 0 Å². The molecule has 1 aromatic heterocycles. The summed E-state index contributed by atoms with van der Waals surface area (Å²) in [4.78, 5) is 25.3. The number of likely N-dealkylation sites (tertiary alicyclic amines) is 2. The van der Waals surface area contributed by atoms with Crippen LogP contribution in [0.1, 0.15) is 75.5 Å². The fraction of sp³-hybridized carbons (Fsp3) is 0.561. The van der Waals surface area contributed by atoms with E-state index in [9.17, 15) is 4.79 Å². The van der Waals surface area contributed by atoms with Crippen molar-refractivity contribution in [3.8, 4) is 5.75 Å². The van der Waals surface area contributed by atoms with E-state index in [1.165, 1.54) is 32.1 Å². The van der Waals surface area contributed by atoms with E-state index in [0.29, 0.717) is 12.1 Å². The van der Waals surface area contributed by atoms with Gasteiger partial charge in [0.2, 0.25) is 5.91 Å². The lowest BCUT2D eigenvalue weighted by Gasteiger charge is -2.40. The van der Waals surface area contributed by atoms with Gasteiger partial charge in [0.1, 0.15) is 11.2 Å². The maximum Gasteiger partial charge on any atom is 0.232 e. The van der Waals surface area contributed by atoms with E-state index in [2.05, 4.69) is 57.8 Å². The van der Waals surface area contributed by atoms with Crippen molar-refractivity contribution in [2.45, 2.75) is 82.8 Å². The van der Waals surface area contributed by atoms with E-state index in [1.807, 2.05) is 48.7 Å². The van der Waals surface area contributed by atoms with Gasteiger partial charge in [0, 0.05) is 56.3 Å². The maximum absolute atomic E-state index is 13.3. The van der Waals surface area contributed by atoms with Crippen molar-refractivity contribution in [1.82, 2.24) is 19.7 Å². The molecule has 0 bridgehead atoms. The zero-order valence-electron chi connectivity index (χ0n) is 30.1. The Balaban J connectivity index is 0.979. The van der Waals surface area contributed by atoms with Crippen LogP contribution in [0.3, 0.4) is 0 Å². The Labute approximate surface area is 295 Å². The Kier molecular flexibility index (Phi) is 14.1. The number of unbranched alkanes of at least 4 members (excludes halogenated alkanes) is 3. The van der Waals surface area contributed by atoms with Crippen molar-refractivity contribution in [3.63, 3.8) is 0 Å². The number of primary amides is 1. The normalized spacial score (nSPS) is 18.0. The predicted octanol–water partition coefficient (Wildman–Crippen LogP) is 6.14. The molecule has 2 aliphatic heterocycles. The van der Waals surface area contributed by atoms with Crippen LogP contribution >= 0.6 is 0 Å². The first-order chi connectivity index (χ1) is 23.9. The molecule has 8 nitrogen and oxygen atoms in total. The van der Waals surface area contributed by atoms with E-state index >= 15 is 0 Å². The van der Waals surface area contributed by atoms with E-state index in [-0.39, 0.29) is 11.8 Å². The van der Waals surface area contributed by atoms with Crippen molar-refractivity contribution in [3.05, 3.63) is 95.8 Å². The van der Waals surface area contributed by atoms with Gasteiger partial charge in [-0.2, -0.15) is 0 Å². The minimum absolute atomic E-state index is 0.150. The average Bonchev–Trinajstić information content (AvgIpc) is 3.59. The molecule has 2 saturated heterocycles. The number of pyridine rings is 1. The molecule has 8 heteroatoms.